The summed E-state index contributed by atoms with van der Waals surface area (Å²) in [5.41, 5.74) is 2.33. The number of nitrogens with zero attached hydrogens (tertiary/aromatic N) is 3. The summed E-state index contributed by atoms with van der Waals surface area (Å²) in [5, 5.41) is 0.960. The Morgan fingerprint density at radius 2 is 2.00 bits per heavy atom. The van der Waals surface area contributed by atoms with Crippen LogP contribution in [0.3, 0.4) is 0 Å². The smallest absolute Gasteiger partial charge is 0.256 e. The van der Waals surface area contributed by atoms with Gasteiger partial charge in [-0.25, -0.2) is 13.4 Å². The molecule has 3 rings (SSSR count). The molecule has 27 heavy (non-hydrogen) atoms. The lowest BCUT2D eigenvalue weighted by Crippen LogP contribution is -2.25. The zero-order valence-electron chi connectivity index (χ0n) is 16.6. The normalized spacial score (nSPS) is 16.6. The molecule has 6 nitrogen and oxygen atoms in total. The highest BCUT2D eigenvalue weighted by Gasteiger charge is 2.26. The number of hydrogen-bond donors (Lipinski definition) is 0. The highest BCUT2D eigenvalue weighted by molar-refractivity contribution is 7.95. The Morgan fingerprint density at radius 3 is 2.59 bits per heavy atom. The van der Waals surface area contributed by atoms with E-state index in [2.05, 4.69) is 31.9 Å². The first-order valence-electron chi connectivity index (χ1n) is 9.33. The van der Waals surface area contributed by atoms with Gasteiger partial charge in [-0.2, -0.15) is 0 Å². The van der Waals surface area contributed by atoms with Crippen LogP contribution >= 0.6 is 0 Å². The molecule has 1 aliphatic heterocycles. The first kappa shape index (κ1) is 19.9. The molecule has 2 heterocycles. The highest BCUT2D eigenvalue weighted by atomic mass is 32.2. The number of imidazole rings is 1. The molecule has 0 atom stereocenters. The number of rotatable bonds is 5. The predicted octanol–water partition coefficient (Wildman–Crippen LogP) is 3.67. The fourth-order valence-corrected chi connectivity index (χ4v) is 4.15. The average molecular weight is 392 g/mol. The quantitative estimate of drug-likeness (QED) is 0.780. The molecule has 0 N–H and O–H groups in total. The van der Waals surface area contributed by atoms with Crippen LogP contribution in [0.5, 0.6) is 0 Å². The number of hydrogen-bond acceptors (Lipinski definition) is 4. The Hall–Kier alpha value is -1.86. The van der Waals surface area contributed by atoms with Crippen molar-refractivity contribution in [3.8, 4) is 0 Å². The van der Waals surface area contributed by atoms with Crippen molar-refractivity contribution in [1.82, 2.24) is 9.55 Å². The fraction of sp³-hybridized carbons (Fsp3) is 0.550. The Kier molecular flexibility index (Phi) is 5.36. The number of ether oxygens (including phenoxy) is 1. The third-order valence-electron chi connectivity index (χ3n) is 5.14. The van der Waals surface area contributed by atoms with E-state index >= 15 is 0 Å². The minimum absolute atomic E-state index is 0.108. The number of fused-ring (bicyclic) bond motifs is 1. The maximum absolute atomic E-state index is 12.1. The number of aromatic nitrogens is 2. The molecule has 0 radical (unpaired) electrons. The molecular formula is C20H29N3O3S. The molecule has 1 aliphatic rings. The van der Waals surface area contributed by atoms with E-state index in [-0.39, 0.29) is 5.41 Å². The summed E-state index contributed by atoms with van der Waals surface area (Å²) in [6.45, 7) is 12.4. The molecular weight excluding hydrogens is 362 g/mol. The second-order valence-corrected chi connectivity index (χ2v) is 10.1. The van der Waals surface area contributed by atoms with Gasteiger partial charge in [-0.1, -0.05) is 27.4 Å². The van der Waals surface area contributed by atoms with Crippen LogP contribution < -0.4 is 4.31 Å². The van der Waals surface area contributed by atoms with E-state index in [1.54, 1.807) is 0 Å². The van der Waals surface area contributed by atoms with Crippen molar-refractivity contribution >= 4 is 26.7 Å². The first-order valence-corrected chi connectivity index (χ1v) is 10.8. The largest absolute Gasteiger partial charge is 0.381 e. The average Bonchev–Trinajstić information content (AvgIpc) is 3.00. The van der Waals surface area contributed by atoms with Crippen molar-refractivity contribution in [1.29, 1.82) is 0 Å². The Morgan fingerprint density at radius 1 is 1.33 bits per heavy atom. The standard InChI is InChI=1S/C20H29N3O3S/c1-6-27(24,25)22(5)16-7-8-18-17(13-16)21-19(20(2,3)4)23(18)14-15-9-11-26-12-10-15/h6-8,13,15H,1,9-12,14H2,2-5H3. The van der Waals surface area contributed by atoms with E-state index in [0.29, 0.717) is 11.6 Å². The molecule has 0 unspecified atom stereocenters. The summed E-state index contributed by atoms with van der Waals surface area (Å²) in [7, 11) is -2.00. The third kappa shape index (κ3) is 4.04. The van der Waals surface area contributed by atoms with Gasteiger partial charge < -0.3 is 9.30 Å². The topological polar surface area (TPSA) is 64.4 Å². The molecule has 2 aromatic rings. The van der Waals surface area contributed by atoms with Gasteiger partial charge in [0.2, 0.25) is 0 Å². The van der Waals surface area contributed by atoms with Crippen LogP contribution in [0.25, 0.3) is 11.0 Å². The minimum Gasteiger partial charge on any atom is -0.381 e. The number of anilines is 1. The van der Waals surface area contributed by atoms with Crippen molar-refractivity contribution in [2.75, 3.05) is 24.6 Å². The second-order valence-electron chi connectivity index (χ2n) is 8.20. The van der Waals surface area contributed by atoms with Gasteiger partial charge in [0.25, 0.3) is 10.0 Å². The molecule has 0 spiro atoms. The number of sulfonamides is 1. The van der Waals surface area contributed by atoms with E-state index in [4.69, 9.17) is 9.72 Å². The Balaban J connectivity index is 2.06. The van der Waals surface area contributed by atoms with E-state index in [9.17, 15) is 8.42 Å². The van der Waals surface area contributed by atoms with E-state index < -0.39 is 10.0 Å². The molecule has 0 amide bonds. The SMILES string of the molecule is C=CS(=O)(=O)N(C)c1ccc2c(c1)nc(C(C)(C)C)n2CC1CCOCC1. The van der Waals surface area contributed by atoms with Crippen molar-refractivity contribution in [3.63, 3.8) is 0 Å². The fourth-order valence-electron chi connectivity index (χ4n) is 3.52. The van der Waals surface area contributed by atoms with Gasteiger partial charge in [-0.05, 0) is 37.0 Å². The van der Waals surface area contributed by atoms with Crippen LogP contribution in [0.15, 0.2) is 30.2 Å². The molecule has 1 aromatic carbocycles. The van der Waals surface area contributed by atoms with Crippen molar-refractivity contribution < 1.29 is 13.2 Å². The second kappa shape index (κ2) is 7.28. The van der Waals surface area contributed by atoms with Crippen LogP contribution in [0, 0.1) is 5.92 Å². The van der Waals surface area contributed by atoms with E-state index in [1.807, 2.05) is 18.2 Å². The van der Waals surface area contributed by atoms with Crippen molar-refractivity contribution in [3.05, 3.63) is 36.0 Å². The van der Waals surface area contributed by atoms with Crippen LogP contribution in [0.1, 0.15) is 39.4 Å². The maximum Gasteiger partial charge on any atom is 0.256 e. The van der Waals surface area contributed by atoms with Gasteiger partial charge in [-0.3, -0.25) is 4.31 Å². The Bertz CT molecular complexity index is 935. The molecule has 1 aromatic heterocycles. The monoisotopic (exact) mass is 391 g/mol. The lowest BCUT2D eigenvalue weighted by atomic mass is 9.94. The van der Waals surface area contributed by atoms with Gasteiger partial charge in [0.15, 0.2) is 0 Å². The summed E-state index contributed by atoms with van der Waals surface area (Å²) in [6.07, 6.45) is 2.11. The van der Waals surface area contributed by atoms with Gasteiger partial charge >= 0.3 is 0 Å². The summed E-state index contributed by atoms with van der Waals surface area (Å²) < 4.78 is 33.2. The van der Waals surface area contributed by atoms with Crippen molar-refractivity contribution in [2.45, 2.75) is 45.6 Å². The lowest BCUT2D eigenvalue weighted by Gasteiger charge is -2.26. The van der Waals surface area contributed by atoms with Gasteiger partial charge in [0.1, 0.15) is 5.82 Å². The zero-order valence-corrected chi connectivity index (χ0v) is 17.4. The maximum atomic E-state index is 12.1. The van der Waals surface area contributed by atoms with Crippen LogP contribution in [0.2, 0.25) is 0 Å². The van der Waals surface area contributed by atoms with Crippen LogP contribution in [-0.4, -0.2) is 38.2 Å². The van der Waals surface area contributed by atoms with Gasteiger partial charge in [0, 0.05) is 37.6 Å². The third-order valence-corrected chi connectivity index (χ3v) is 6.54. The summed E-state index contributed by atoms with van der Waals surface area (Å²) in [5.74, 6) is 1.59. The highest BCUT2D eigenvalue weighted by Crippen LogP contribution is 2.31. The van der Waals surface area contributed by atoms with Crippen molar-refractivity contribution in [2.24, 2.45) is 5.92 Å². The van der Waals surface area contributed by atoms with Crippen LogP contribution in [-0.2, 0) is 26.7 Å². The lowest BCUT2D eigenvalue weighted by molar-refractivity contribution is 0.0611. The molecule has 1 fully saturated rings. The molecule has 1 saturated heterocycles. The van der Waals surface area contributed by atoms with E-state index in [0.717, 1.165) is 54.9 Å². The minimum atomic E-state index is -3.53. The predicted molar refractivity (Wildman–Crippen MR) is 109 cm³/mol. The Labute approximate surface area is 161 Å². The molecule has 7 heteroatoms. The summed E-state index contributed by atoms with van der Waals surface area (Å²) in [6, 6.07) is 5.64. The molecule has 0 aliphatic carbocycles. The zero-order chi connectivity index (χ0) is 19.8. The van der Waals surface area contributed by atoms with Gasteiger partial charge in [0.05, 0.1) is 16.7 Å². The van der Waals surface area contributed by atoms with Gasteiger partial charge in [-0.15, -0.1) is 0 Å². The van der Waals surface area contributed by atoms with Crippen LogP contribution in [0.4, 0.5) is 5.69 Å². The number of benzene rings is 1. The summed E-state index contributed by atoms with van der Waals surface area (Å²) >= 11 is 0. The summed E-state index contributed by atoms with van der Waals surface area (Å²) in [4.78, 5) is 4.88. The van der Waals surface area contributed by atoms with E-state index in [1.165, 1.54) is 11.4 Å². The molecule has 0 saturated carbocycles. The first-order chi connectivity index (χ1) is 12.6. The molecule has 0 bridgehead atoms. The molecule has 148 valence electrons.